The van der Waals surface area contributed by atoms with Gasteiger partial charge in [-0.1, -0.05) is 61.5 Å². The van der Waals surface area contributed by atoms with E-state index < -0.39 is 18.2 Å². The summed E-state index contributed by atoms with van der Waals surface area (Å²) in [5.74, 6) is 0.245. The Morgan fingerprint density at radius 1 is 1.09 bits per heavy atom. The highest BCUT2D eigenvalue weighted by molar-refractivity contribution is 6.44. The van der Waals surface area contributed by atoms with Crippen molar-refractivity contribution in [2.45, 2.75) is 44.5 Å². The third-order valence-electron chi connectivity index (χ3n) is 5.64. The molecule has 0 radical (unpaired) electrons. The van der Waals surface area contributed by atoms with Crippen LogP contribution in [0.3, 0.4) is 0 Å². The molecule has 0 aliphatic carbocycles. The second-order valence-corrected chi connectivity index (χ2v) is 8.55. The first-order valence-corrected chi connectivity index (χ1v) is 11.7. The minimum Gasteiger partial charge on any atom is -0.382 e. The van der Waals surface area contributed by atoms with E-state index in [0.717, 1.165) is 36.2 Å². The van der Waals surface area contributed by atoms with Crippen LogP contribution < -0.4 is 27.8 Å². The number of ether oxygens (including phenoxy) is 1. The van der Waals surface area contributed by atoms with Gasteiger partial charge < -0.3 is 26.6 Å². The molecule has 9 heteroatoms. The van der Waals surface area contributed by atoms with E-state index in [2.05, 4.69) is 22.5 Å². The number of aliphatic imine (C=N–C) groups is 2. The molecule has 34 heavy (non-hydrogen) atoms. The molecule has 1 aliphatic heterocycles. The Morgan fingerprint density at radius 2 is 1.79 bits per heavy atom. The van der Waals surface area contributed by atoms with Crippen LogP contribution in [-0.4, -0.2) is 48.6 Å². The van der Waals surface area contributed by atoms with Crippen LogP contribution in [0.2, 0.25) is 0 Å². The number of aliphatic hydroxyl groups is 1. The van der Waals surface area contributed by atoms with Crippen molar-refractivity contribution >= 4 is 11.5 Å². The highest BCUT2D eigenvalue weighted by Gasteiger charge is 2.35. The molecule has 0 fully saturated rings. The number of nitrogens with two attached hydrogens (primary N) is 3. The van der Waals surface area contributed by atoms with Gasteiger partial charge in [-0.2, -0.15) is 0 Å². The van der Waals surface area contributed by atoms with E-state index in [9.17, 15) is 5.11 Å². The van der Waals surface area contributed by atoms with Gasteiger partial charge in [-0.25, -0.2) is 0 Å². The molecule has 9 nitrogen and oxygen atoms in total. The second-order valence-electron chi connectivity index (χ2n) is 8.55. The van der Waals surface area contributed by atoms with Crippen molar-refractivity contribution in [2.75, 3.05) is 26.2 Å². The lowest BCUT2D eigenvalue weighted by molar-refractivity contribution is -0.0337. The average Bonchev–Trinajstić information content (AvgIpc) is 2.84. The van der Waals surface area contributed by atoms with Gasteiger partial charge in [0.25, 0.3) is 0 Å². The molecule has 3 rings (SSSR count). The average molecular weight is 468 g/mol. The Labute approximate surface area is 201 Å². The van der Waals surface area contributed by atoms with Crippen molar-refractivity contribution in [3.8, 4) is 0 Å². The normalized spacial score (nSPS) is 19.6. The molecule has 0 saturated carbocycles. The molecule has 4 unspecified atom stereocenters. The molecule has 2 aromatic carbocycles. The summed E-state index contributed by atoms with van der Waals surface area (Å²) in [6.07, 6.45) is -0.394. The fourth-order valence-electron chi connectivity index (χ4n) is 3.73. The lowest BCUT2D eigenvalue weighted by Gasteiger charge is -2.32. The van der Waals surface area contributed by atoms with Crippen molar-refractivity contribution in [3.63, 3.8) is 0 Å². The van der Waals surface area contributed by atoms with Gasteiger partial charge >= 0.3 is 0 Å². The topological polar surface area (TPSA) is 156 Å². The Kier molecular flexibility index (Phi) is 9.28. The van der Waals surface area contributed by atoms with Crippen LogP contribution in [-0.2, 0) is 4.74 Å². The number of nitrogens with zero attached hydrogens (tertiary/aromatic N) is 2. The van der Waals surface area contributed by atoms with Crippen molar-refractivity contribution in [3.05, 3.63) is 71.3 Å². The number of hydrogen-bond donors (Lipinski definition) is 6. The number of aliphatic hydroxyl groups excluding tert-OH is 1. The van der Waals surface area contributed by atoms with Gasteiger partial charge in [0.1, 0.15) is 24.0 Å². The summed E-state index contributed by atoms with van der Waals surface area (Å²) in [7, 11) is 0. The van der Waals surface area contributed by atoms with Crippen LogP contribution in [0.4, 0.5) is 0 Å². The zero-order valence-corrected chi connectivity index (χ0v) is 19.9. The Hall–Kier alpha value is -2.66. The maximum atomic E-state index is 10.4. The Morgan fingerprint density at radius 3 is 2.47 bits per heavy atom. The van der Waals surface area contributed by atoms with Crippen molar-refractivity contribution < 1.29 is 9.84 Å². The first-order valence-electron chi connectivity index (χ1n) is 11.7. The lowest BCUT2D eigenvalue weighted by Crippen LogP contribution is -2.55. The van der Waals surface area contributed by atoms with E-state index in [4.69, 9.17) is 26.9 Å². The molecule has 1 aliphatic rings. The minimum atomic E-state index is -1.33. The van der Waals surface area contributed by atoms with E-state index in [1.165, 1.54) is 0 Å². The van der Waals surface area contributed by atoms with Crippen LogP contribution >= 0.6 is 0 Å². The summed E-state index contributed by atoms with van der Waals surface area (Å²) in [6, 6.07) is 16.8. The minimum absolute atomic E-state index is 0.245. The summed E-state index contributed by atoms with van der Waals surface area (Å²) in [5, 5.41) is 16.8. The second kappa shape index (κ2) is 12.2. The number of benzene rings is 2. The number of hydrogen-bond acceptors (Lipinski definition) is 9. The third-order valence-corrected chi connectivity index (χ3v) is 5.64. The largest absolute Gasteiger partial charge is 0.382 e. The van der Waals surface area contributed by atoms with Crippen molar-refractivity contribution in [2.24, 2.45) is 27.2 Å². The molecule has 2 aromatic rings. The maximum absolute atomic E-state index is 10.4. The quantitative estimate of drug-likeness (QED) is 0.204. The number of rotatable bonds is 12. The maximum Gasteiger partial charge on any atom is 0.162 e. The van der Waals surface area contributed by atoms with Gasteiger partial charge in [-0.15, -0.1) is 0 Å². The van der Waals surface area contributed by atoms with Gasteiger partial charge in [0, 0.05) is 13.1 Å². The molecule has 0 bridgehead atoms. The van der Waals surface area contributed by atoms with E-state index in [1.807, 2.05) is 54.6 Å². The van der Waals surface area contributed by atoms with Gasteiger partial charge in [-0.3, -0.25) is 21.0 Å². The molecule has 0 saturated heterocycles. The zero-order valence-electron chi connectivity index (χ0n) is 19.9. The van der Waals surface area contributed by atoms with Crippen molar-refractivity contribution in [1.29, 1.82) is 0 Å². The molecule has 1 heterocycles. The van der Waals surface area contributed by atoms with Crippen LogP contribution in [0.5, 0.6) is 0 Å². The molecule has 4 atom stereocenters. The number of amidine groups is 1. The summed E-state index contributed by atoms with van der Waals surface area (Å²) in [5.41, 5.74) is 20.4. The van der Waals surface area contributed by atoms with E-state index in [1.54, 1.807) is 6.92 Å². The van der Waals surface area contributed by atoms with Crippen LogP contribution in [0.25, 0.3) is 0 Å². The number of nitrogens with one attached hydrogen (secondary N) is 2. The first kappa shape index (κ1) is 26.0. The summed E-state index contributed by atoms with van der Waals surface area (Å²) in [6.45, 7) is 6.65. The molecule has 184 valence electrons. The van der Waals surface area contributed by atoms with Gasteiger partial charge in [0.05, 0.1) is 12.6 Å². The third kappa shape index (κ3) is 6.92. The lowest BCUT2D eigenvalue weighted by atomic mass is 10.0. The Balaban J connectivity index is 1.66. The summed E-state index contributed by atoms with van der Waals surface area (Å²) in [4.78, 5) is 9.21. The van der Waals surface area contributed by atoms with Crippen LogP contribution in [0.1, 0.15) is 55.5 Å². The zero-order chi connectivity index (χ0) is 24.6. The fourth-order valence-corrected chi connectivity index (χ4v) is 3.73. The smallest absolute Gasteiger partial charge is 0.162 e. The first-order chi connectivity index (χ1) is 16.3. The molecule has 9 N–H and O–H groups in total. The monoisotopic (exact) mass is 467 g/mol. The SMILES string of the molecule is CCCNCCNC(O)c1ccc(C2CN=C(N)C(C(C)(N)OC(N)c3ccccc3)=N2)cc1. The molecule has 0 amide bonds. The van der Waals surface area contributed by atoms with Gasteiger partial charge in [-0.05, 0) is 36.6 Å². The highest BCUT2D eigenvalue weighted by Crippen LogP contribution is 2.26. The highest BCUT2D eigenvalue weighted by atomic mass is 16.5. The predicted molar refractivity (Wildman–Crippen MR) is 136 cm³/mol. The predicted octanol–water partition coefficient (Wildman–Crippen LogP) is 1.47. The van der Waals surface area contributed by atoms with Crippen LogP contribution in [0.15, 0.2) is 64.6 Å². The van der Waals surface area contributed by atoms with E-state index in [0.29, 0.717) is 18.8 Å². The standard InChI is InChI=1S/C25H37N7O2/c1-3-13-29-14-15-30-24(33)19-11-9-17(10-12-19)20-16-31-22(26)21(32-20)25(2,28)34-23(27)18-7-5-4-6-8-18/h4-12,20,23-24,29-30,33H,3,13-16,27-28H2,1-2H3,(H2,26,31). The van der Waals surface area contributed by atoms with Gasteiger partial charge in [0.15, 0.2) is 5.72 Å². The molecular weight excluding hydrogens is 430 g/mol. The van der Waals surface area contributed by atoms with Crippen LogP contribution in [0, 0.1) is 0 Å². The van der Waals surface area contributed by atoms with Gasteiger partial charge in [0.2, 0.25) is 0 Å². The van der Waals surface area contributed by atoms with Crippen molar-refractivity contribution in [1.82, 2.24) is 10.6 Å². The molecular formula is C25H37N7O2. The molecule has 0 spiro atoms. The summed E-state index contributed by atoms with van der Waals surface area (Å²) >= 11 is 0. The van der Waals surface area contributed by atoms with E-state index in [-0.39, 0.29) is 11.9 Å². The summed E-state index contributed by atoms with van der Waals surface area (Å²) < 4.78 is 5.95. The van der Waals surface area contributed by atoms with E-state index >= 15 is 0 Å². The fraction of sp³-hybridized carbons (Fsp3) is 0.440. The molecule has 0 aromatic heterocycles. The Bertz CT molecular complexity index is 961.